The molecule has 0 radical (unpaired) electrons. The normalized spacial score (nSPS) is 11.4. The number of pyridine rings is 1. The summed E-state index contributed by atoms with van der Waals surface area (Å²) in [7, 11) is 0. The van der Waals surface area contributed by atoms with Crippen molar-refractivity contribution < 1.29 is 8.78 Å². The molecule has 0 saturated heterocycles. The van der Waals surface area contributed by atoms with Crippen molar-refractivity contribution in [2.45, 2.75) is 0 Å². The molecule has 0 aliphatic heterocycles. The number of benzene rings is 5. The summed E-state index contributed by atoms with van der Waals surface area (Å²) >= 11 is 0. The summed E-state index contributed by atoms with van der Waals surface area (Å²) in [5.74, 6) is -0.316. The van der Waals surface area contributed by atoms with Gasteiger partial charge in [0, 0.05) is 28.7 Å². The van der Waals surface area contributed by atoms with E-state index in [1.54, 1.807) is 24.3 Å². The van der Waals surface area contributed by atoms with E-state index in [1.165, 1.54) is 6.20 Å². The molecule has 8 rings (SSSR count). The van der Waals surface area contributed by atoms with Crippen LogP contribution in [0, 0.1) is 11.8 Å². The zero-order valence-corrected chi connectivity index (χ0v) is 23.3. The largest absolute Gasteiger partial charge is 0.292 e. The van der Waals surface area contributed by atoms with Crippen molar-refractivity contribution in [1.82, 2.24) is 24.1 Å². The second-order valence-electron chi connectivity index (χ2n) is 10.4. The van der Waals surface area contributed by atoms with E-state index in [4.69, 9.17) is 9.97 Å². The highest BCUT2D eigenvalue weighted by Crippen LogP contribution is 2.36. The molecule has 3 aromatic heterocycles. The lowest BCUT2D eigenvalue weighted by atomic mass is 10.0. The Bertz CT molecular complexity index is 2310. The van der Waals surface area contributed by atoms with Gasteiger partial charge in [0.25, 0.3) is 0 Å². The molecule has 5 aromatic carbocycles. The zero-order chi connectivity index (χ0) is 29.6. The number of hydrogen-bond acceptors (Lipinski definition) is 3. The molecule has 0 fully saturated rings. The molecule has 8 aromatic rings. The van der Waals surface area contributed by atoms with E-state index >= 15 is 8.78 Å². The van der Waals surface area contributed by atoms with Gasteiger partial charge in [0.15, 0.2) is 0 Å². The van der Waals surface area contributed by atoms with E-state index in [-0.39, 0.29) is 11.1 Å². The highest BCUT2D eigenvalue weighted by Gasteiger charge is 2.22. The number of halogens is 2. The van der Waals surface area contributed by atoms with Gasteiger partial charge in [-0.15, -0.1) is 0 Å². The predicted octanol–water partition coefficient (Wildman–Crippen LogP) is 9.04. The molecule has 7 heteroatoms. The van der Waals surface area contributed by atoms with Crippen LogP contribution >= 0.6 is 0 Å². The molecule has 0 saturated carbocycles. The smallest absolute Gasteiger partial charge is 0.223 e. The summed E-state index contributed by atoms with van der Waals surface area (Å²) in [6.07, 6.45) is 1.36. The molecule has 0 bridgehead atoms. The first-order valence-corrected chi connectivity index (χ1v) is 14.2. The molecular formula is C37H23F2N5. The van der Waals surface area contributed by atoms with Crippen LogP contribution in [0.5, 0.6) is 0 Å². The van der Waals surface area contributed by atoms with Crippen LogP contribution in [0.2, 0.25) is 0 Å². The minimum absolute atomic E-state index is 0.170. The quantitative estimate of drug-likeness (QED) is 0.192. The van der Waals surface area contributed by atoms with Gasteiger partial charge in [-0.05, 0) is 60.7 Å². The fraction of sp³-hybridized carbons (Fsp3) is 0. The number of nitrogens with zero attached hydrogens (tertiary/aromatic N) is 5. The number of para-hydroxylation sites is 6. The molecule has 44 heavy (non-hydrogen) atoms. The van der Waals surface area contributed by atoms with Crippen LogP contribution in [-0.4, -0.2) is 24.1 Å². The standard InChI is InChI=1S/C37H23F2N5/c38-34-27(16-11-17-28(34)36-41-30-18-7-9-20-32(30)43(36)25-12-3-1-4-13-25)24-22-29(35(39)40-23-24)37-42-31-19-8-10-21-33(31)44(37)26-14-5-2-6-15-26/h1-23H. The molecular weight excluding hydrogens is 552 g/mol. The molecule has 3 heterocycles. The van der Waals surface area contributed by atoms with Gasteiger partial charge in [-0.2, -0.15) is 4.39 Å². The Hall–Kier alpha value is -5.95. The third-order valence-corrected chi connectivity index (χ3v) is 7.78. The van der Waals surface area contributed by atoms with Crippen LogP contribution in [0.1, 0.15) is 0 Å². The molecule has 5 nitrogen and oxygen atoms in total. The molecule has 0 unspecified atom stereocenters. The van der Waals surface area contributed by atoms with Crippen molar-refractivity contribution >= 4 is 22.1 Å². The Morgan fingerprint density at radius 2 is 0.977 bits per heavy atom. The van der Waals surface area contributed by atoms with Crippen molar-refractivity contribution in [3.8, 4) is 45.3 Å². The van der Waals surface area contributed by atoms with E-state index in [2.05, 4.69) is 4.98 Å². The van der Waals surface area contributed by atoms with E-state index in [9.17, 15) is 0 Å². The summed E-state index contributed by atoms with van der Waals surface area (Å²) in [6, 6.07) is 41.5. The van der Waals surface area contributed by atoms with Crippen molar-refractivity contribution in [3.63, 3.8) is 0 Å². The van der Waals surface area contributed by atoms with Gasteiger partial charge >= 0.3 is 0 Å². The minimum atomic E-state index is -0.691. The summed E-state index contributed by atoms with van der Waals surface area (Å²) in [6.45, 7) is 0. The molecule has 0 N–H and O–H groups in total. The lowest BCUT2D eigenvalue weighted by Gasteiger charge is -2.13. The van der Waals surface area contributed by atoms with Crippen molar-refractivity contribution in [3.05, 3.63) is 151 Å². The first-order chi connectivity index (χ1) is 21.7. The Morgan fingerprint density at radius 1 is 0.477 bits per heavy atom. The summed E-state index contributed by atoms with van der Waals surface area (Å²) in [4.78, 5) is 13.7. The first kappa shape index (κ1) is 25.7. The van der Waals surface area contributed by atoms with Crippen LogP contribution in [-0.2, 0) is 0 Å². The lowest BCUT2D eigenvalue weighted by Crippen LogP contribution is -2.02. The van der Waals surface area contributed by atoms with E-state index in [0.717, 1.165) is 27.9 Å². The van der Waals surface area contributed by atoms with Crippen molar-refractivity contribution in [2.75, 3.05) is 0 Å². The SMILES string of the molecule is Fc1ncc(-c2cccc(-c3nc4ccccc4n3-c3ccccc3)c2F)cc1-c1nc2ccccc2n1-c1ccccc1. The average molecular weight is 576 g/mol. The van der Waals surface area contributed by atoms with Crippen LogP contribution in [0.3, 0.4) is 0 Å². The zero-order valence-electron chi connectivity index (χ0n) is 23.3. The molecule has 0 atom stereocenters. The molecule has 0 amide bonds. The van der Waals surface area contributed by atoms with Crippen molar-refractivity contribution in [1.29, 1.82) is 0 Å². The molecule has 0 aliphatic carbocycles. The van der Waals surface area contributed by atoms with Crippen LogP contribution in [0.25, 0.3) is 67.3 Å². The highest BCUT2D eigenvalue weighted by molar-refractivity contribution is 5.86. The van der Waals surface area contributed by atoms with Crippen molar-refractivity contribution in [2.24, 2.45) is 0 Å². The van der Waals surface area contributed by atoms with E-state index < -0.39 is 11.8 Å². The van der Waals surface area contributed by atoms with E-state index in [0.29, 0.717) is 28.3 Å². The number of hydrogen-bond donors (Lipinski definition) is 0. The predicted molar refractivity (Wildman–Crippen MR) is 170 cm³/mol. The average Bonchev–Trinajstić information content (AvgIpc) is 3.65. The number of fused-ring (bicyclic) bond motifs is 2. The maximum atomic E-state index is 16.6. The second-order valence-corrected chi connectivity index (χ2v) is 10.4. The molecule has 210 valence electrons. The maximum Gasteiger partial charge on any atom is 0.223 e. The minimum Gasteiger partial charge on any atom is -0.292 e. The maximum absolute atomic E-state index is 16.6. The highest BCUT2D eigenvalue weighted by atomic mass is 19.1. The topological polar surface area (TPSA) is 48.5 Å². The van der Waals surface area contributed by atoms with Gasteiger partial charge in [0.2, 0.25) is 5.95 Å². The Morgan fingerprint density at radius 3 is 1.57 bits per heavy atom. The molecule has 0 spiro atoms. The monoisotopic (exact) mass is 575 g/mol. The number of rotatable bonds is 5. The fourth-order valence-electron chi connectivity index (χ4n) is 5.77. The van der Waals surface area contributed by atoms with E-state index in [1.807, 2.05) is 118 Å². The summed E-state index contributed by atoms with van der Waals surface area (Å²) < 4.78 is 36.0. The Labute approximate surface area is 251 Å². The summed E-state index contributed by atoms with van der Waals surface area (Å²) in [5, 5.41) is 0. The van der Waals surface area contributed by atoms with Gasteiger partial charge in [0.05, 0.1) is 33.2 Å². The second kappa shape index (κ2) is 10.4. The Balaban J connectivity index is 1.31. The van der Waals surface area contributed by atoms with Gasteiger partial charge in [-0.25, -0.2) is 19.3 Å². The fourth-order valence-corrected chi connectivity index (χ4v) is 5.77. The summed E-state index contributed by atoms with van der Waals surface area (Å²) in [5.41, 5.74) is 6.05. The third kappa shape index (κ3) is 4.17. The number of aromatic nitrogens is 5. The van der Waals surface area contributed by atoms with Gasteiger partial charge in [-0.3, -0.25) is 9.13 Å². The lowest BCUT2D eigenvalue weighted by molar-refractivity contribution is 0.586. The van der Waals surface area contributed by atoms with Gasteiger partial charge < -0.3 is 0 Å². The van der Waals surface area contributed by atoms with Gasteiger partial charge in [-0.1, -0.05) is 72.8 Å². The van der Waals surface area contributed by atoms with Crippen LogP contribution < -0.4 is 0 Å². The third-order valence-electron chi connectivity index (χ3n) is 7.78. The molecule has 0 aliphatic rings. The van der Waals surface area contributed by atoms with Gasteiger partial charge in [0.1, 0.15) is 17.5 Å². The van der Waals surface area contributed by atoms with Crippen LogP contribution in [0.15, 0.2) is 140 Å². The first-order valence-electron chi connectivity index (χ1n) is 14.2. The van der Waals surface area contributed by atoms with Crippen LogP contribution in [0.4, 0.5) is 8.78 Å². The Kier molecular flexibility index (Phi) is 6.08. The number of imidazole rings is 2.